The second kappa shape index (κ2) is 17.7. The maximum Gasteiger partial charge on any atom is 0.255 e. The number of hydrogen-bond donors (Lipinski definition) is 3. The Morgan fingerprint density at radius 3 is 1.77 bits per heavy atom. The number of H-pyrrole nitrogens is 1. The van der Waals surface area contributed by atoms with Gasteiger partial charge in [-0.25, -0.2) is 19.9 Å². The zero-order valence-electron chi connectivity index (χ0n) is 39.6. The average Bonchev–Trinajstić information content (AvgIpc) is 3.99. The lowest BCUT2D eigenvalue weighted by molar-refractivity contribution is 0.0884. The minimum absolute atomic E-state index is 0.177. The first-order valence-corrected chi connectivity index (χ1v) is 25.7. The minimum atomic E-state index is -1.20. The molecule has 0 aliphatic rings. The van der Waals surface area contributed by atoms with Gasteiger partial charge in [0, 0.05) is 63.0 Å². The first kappa shape index (κ1) is 45.8. The van der Waals surface area contributed by atoms with Crippen LogP contribution < -0.4 is 10.6 Å². The molecule has 8 rings (SSSR count). The van der Waals surface area contributed by atoms with Crippen LogP contribution in [0.25, 0.3) is 66.9 Å². The third-order valence-electron chi connectivity index (χ3n) is 10.8. The molecular weight excluding hydrogens is 821 g/mol. The van der Waals surface area contributed by atoms with E-state index in [9.17, 15) is 9.59 Å². The highest BCUT2D eigenvalue weighted by Crippen LogP contribution is 2.31. The third-order valence-corrected chi connectivity index (χ3v) is 12.5. The van der Waals surface area contributed by atoms with E-state index in [1.807, 2.05) is 69.6 Å². The Bertz CT molecular complexity index is 3010. The van der Waals surface area contributed by atoms with Gasteiger partial charge in [-0.1, -0.05) is 57.8 Å². The zero-order valence-corrected chi connectivity index (χ0v) is 40.6. The number of nitrogens with zero attached hydrogens (tertiary/aromatic N) is 9. The maximum absolute atomic E-state index is 13.2. The molecule has 0 unspecified atom stereocenters. The third kappa shape index (κ3) is 10.1. The summed E-state index contributed by atoms with van der Waals surface area (Å²) in [6.45, 7) is 24.0. The SMILES string of the molecule is CCc1ccc2c(-c3cnc4[nH]cc(C(=O)NC(C)(C)C)c4n3)nn(C)c2c1.CCc1ccc2c(-c3cnc4c(n3)c(C(=O)NC(C)(C)C)cn4COCC[Si](C)(C)C)nn(C)c2c1. The van der Waals surface area contributed by atoms with Crippen LogP contribution in [0.2, 0.25) is 25.7 Å². The number of aromatic amines is 1. The van der Waals surface area contributed by atoms with E-state index in [1.165, 1.54) is 11.1 Å². The summed E-state index contributed by atoms with van der Waals surface area (Å²) in [6.07, 6.45) is 8.81. The molecule has 0 atom stereocenters. The van der Waals surface area contributed by atoms with Gasteiger partial charge in [0.05, 0.1) is 34.6 Å². The number of carbonyl (C=O) groups is 2. The molecule has 0 bridgehead atoms. The fraction of sp³-hybridized carbons (Fsp3) is 0.417. The molecule has 336 valence electrons. The summed E-state index contributed by atoms with van der Waals surface area (Å²) >= 11 is 0. The predicted molar refractivity (Wildman–Crippen MR) is 258 cm³/mol. The predicted octanol–water partition coefficient (Wildman–Crippen LogP) is 8.99. The summed E-state index contributed by atoms with van der Waals surface area (Å²) in [6, 6.07) is 13.8. The van der Waals surface area contributed by atoms with Crippen LogP contribution in [0.5, 0.6) is 0 Å². The van der Waals surface area contributed by atoms with E-state index in [0.717, 1.165) is 52.1 Å². The highest BCUT2D eigenvalue weighted by atomic mass is 28.3. The van der Waals surface area contributed by atoms with Crippen LogP contribution >= 0.6 is 0 Å². The van der Waals surface area contributed by atoms with Gasteiger partial charge in [-0.15, -0.1) is 0 Å². The summed E-state index contributed by atoms with van der Waals surface area (Å²) in [5.74, 6) is -0.359. The van der Waals surface area contributed by atoms with Gasteiger partial charge in [0.2, 0.25) is 0 Å². The van der Waals surface area contributed by atoms with Gasteiger partial charge in [-0.05, 0) is 83.7 Å². The molecule has 2 amide bonds. The van der Waals surface area contributed by atoms with E-state index in [2.05, 4.69) is 95.6 Å². The molecule has 0 saturated carbocycles. The zero-order chi connectivity index (χ0) is 46.3. The number of fused-ring (bicyclic) bond motifs is 4. The van der Waals surface area contributed by atoms with Crippen LogP contribution in [0.1, 0.15) is 87.2 Å². The molecule has 6 aromatic heterocycles. The van der Waals surface area contributed by atoms with Crippen LogP contribution in [0, 0.1) is 0 Å². The van der Waals surface area contributed by atoms with Gasteiger partial charge < -0.3 is 24.9 Å². The molecule has 16 heteroatoms. The van der Waals surface area contributed by atoms with Crippen molar-refractivity contribution in [3.63, 3.8) is 0 Å². The highest BCUT2D eigenvalue weighted by Gasteiger charge is 2.25. The van der Waals surface area contributed by atoms with E-state index in [-0.39, 0.29) is 22.9 Å². The van der Waals surface area contributed by atoms with Crippen molar-refractivity contribution in [1.82, 2.24) is 59.7 Å². The topological polar surface area (TPSA) is 175 Å². The molecule has 0 fully saturated rings. The van der Waals surface area contributed by atoms with Crippen LogP contribution in [0.15, 0.2) is 61.2 Å². The molecule has 0 radical (unpaired) electrons. The Morgan fingerprint density at radius 2 is 1.25 bits per heavy atom. The van der Waals surface area contributed by atoms with Crippen LogP contribution in [0.4, 0.5) is 0 Å². The Kier molecular flexibility index (Phi) is 12.7. The molecule has 0 aliphatic carbocycles. The summed E-state index contributed by atoms with van der Waals surface area (Å²) < 4.78 is 11.6. The number of nitrogens with one attached hydrogen (secondary N) is 3. The van der Waals surface area contributed by atoms with Crippen molar-refractivity contribution >= 4 is 64.0 Å². The quantitative estimate of drug-likeness (QED) is 0.0846. The Morgan fingerprint density at radius 1 is 0.734 bits per heavy atom. The van der Waals surface area contributed by atoms with E-state index in [0.29, 0.717) is 58.2 Å². The first-order valence-electron chi connectivity index (χ1n) is 22.0. The Balaban J connectivity index is 0.000000197. The van der Waals surface area contributed by atoms with Crippen molar-refractivity contribution in [1.29, 1.82) is 0 Å². The summed E-state index contributed by atoms with van der Waals surface area (Å²) in [4.78, 5) is 47.8. The standard InChI is InChI=1S/C27H38N6O2Si.C21H24N6O/c1-9-18-10-11-19-22(14-18)32(5)31-23(19)21-15-28-25-24(29-21)20(26(34)30-27(2,3)4)16-33(25)17-35-12-13-36(6,7)8;1-6-12-7-8-13-16(9-12)27(5)26-17(13)15-11-23-19-18(24-15)14(10-22-19)20(28)25-21(2,3)4/h10-11,14-16H,9,12-13,17H2,1-8H3,(H,30,34);7-11H,6H2,1-5H3,(H,22,23)(H,25,28). The highest BCUT2D eigenvalue weighted by molar-refractivity contribution is 6.76. The Labute approximate surface area is 375 Å². The second-order valence-corrected chi connectivity index (χ2v) is 25.3. The van der Waals surface area contributed by atoms with Crippen molar-refractivity contribution in [3.05, 3.63) is 83.4 Å². The molecule has 0 spiro atoms. The lowest BCUT2D eigenvalue weighted by atomic mass is 10.1. The van der Waals surface area contributed by atoms with Crippen molar-refractivity contribution < 1.29 is 14.3 Å². The monoisotopic (exact) mass is 882 g/mol. The van der Waals surface area contributed by atoms with Crippen LogP contribution in [0.3, 0.4) is 0 Å². The summed E-state index contributed by atoms with van der Waals surface area (Å²) in [5, 5.41) is 17.5. The number of hydrogen-bond acceptors (Lipinski definition) is 9. The average molecular weight is 883 g/mol. The van der Waals surface area contributed by atoms with Gasteiger partial charge in [0.1, 0.15) is 40.5 Å². The summed E-state index contributed by atoms with van der Waals surface area (Å²) in [7, 11) is 2.67. The number of aryl methyl sites for hydroxylation is 4. The lowest BCUT2D eigenvalue weighted by Crippen LogP contribution is -2.40. The van der Waals surface area contributed by atoms with Crippen LogP contribution in [-0.2, 0) is 38.4 Å². The van der Waals surface area contributed by atoms with Gasteiger partial charge in [-0.2, -0.15) is 10.2 Å². The molecule has 0 saturated heterocycles. The lowest BCUT2D eigenvalue weighted by Gasteiger charge is -2.20. The number of aromatic nitrogens is 10. The van der Waals surface area contributed by atoms with E-state index in [4.69, 9.17) is 24.8 Å². The summed E-state index contributed by atoms with van der Waals surface area (Å²) in [5.41, 5.74) is 9.96. The Hall–Kier alpha value is -6.26. The van der Waals surface area contributed by atoms with E-state index >= 15 is 0 Å². The van der Waals surface area contributed by atoms with Gasteiger partial charge in [0.25, 0.3) is 11.8 Å². The van der Waals surface area contributed by atoms with E-state index in [1.54, 1.807) is 24.8 Å². The smallest absolute Gasteiger partial charge is 0.255 e. The van der Waals surface area contributed by atoms with Crippen molar-refractivity contribution in [2.24, 2.45) is 14.1 Å². The van der Waals surface area contributed by atoms with Gasteiger partial charge in [-0.3, -0.25) is 19.0 Å². The normalized spacial score (nSPS) is 12.3. The number of ether oxygens (including phenoxy) is 1. The first-order chi connectivity index (χ1) is 30.1. The molecule has 15 nitrogen and oxygen atoms in total. The molecule has 3 N–H and O–H groups in total. The van der Waals surface area contributed by atoms with Gasteiger partial charge >= 0.3 is 0 Å². The number of rotatable bonds is 11. The number of benzene rings is 2. The second-order valence-electron chi connectivity index (χ2n) is 19.7. The molecule has 6 heterocycles. The van der Waals surface area contributed by atoms with Crippen molar-refractivity contribution in [3.8, 4) is 22.8 Å². The molecule has 2 aromatic carbocycles. The molecular formula is C48H62N12O3Si. The fourth-order valence-electron chi connectivity index (χ4n) is 7.39. The minimum Gasteiger partial charge on any atom is -0.361 e. The van der Waals surface area contributed by atoms with Gasteiger partial charge in [0.15, 0.2) is 11.3 Å². The van der Waals surface area contributed by atoms with Crippen LogP contribution in [-0.4, -0.2) is 86.6 Å². The molecule has 8 aromatic rings. The van der Waals surface area contributed by atoms with E-state index < -0.39 is 8.07 Å². The maximum atomic E-state index is 13.2. The van der Waals surface area contributed by atoms with Crippen molar-refractivity contribution in [2.45, 2.75) is 112 Å². The molecule has 0 aliphatic heterocycles. The fourth-order valence-corrected chi connectivity index (χ4v) is 8.15. The van der Waals surface area contributed by atoms with Crippen molar-refractivity contribution in [2.75, 3.05) is 6.61 Å². The number of carbonyl (C=O) groups excluding carboxylic acids is 2. The molecule has 64 heavy (non-hydrogen) atoms. The largest absolute Gasteiger partial charge is 0.361 e. The number of amides is 2.